The minimum Gasteiger partial charge on any atom is -0.489 e. The number of rotatable bonds is 10. The number of benzene rings is 2. The van der Waals surface area contributed by atoms with Gasteiger partial charge >= 0.3 is 0 Å². The summed E-state index contributed by atoms with van der Waals surface area (Å²) in [4.78, 5) is 0. The van der Waals surface area contributed by atoms with Crippen molar-refractivity contribution < 1.29 is 9.84 Å². The summed E-state index contributed by atoms with van der Waals surface area (Å²) in [5.41, 5.74) is 2.18. The van der Waals surface area contributed by atoms with Crippen molar-refractivity contribution in [3.05, 3.63) is 63.1 Å². The van der Waals surface area contributed by atoms with Crippen LogP contribution >= 0.6 is 27.5 Å². The lowest BCUT2D eigenvalue weighted by molar-refractivity contribution is 0.292. The molecule has 4 nitrogen and oxygen atoms in total. The van der Waals surface area contributed by atoms with Crippen molar-refractivity contribution >= 4 is 27.5 Å². The van der Waals surface area contributed by atoms with Crippen LogP contribution in [0.15, 0.2) is 46.9 Å². The molecule has 0 saturated carbocycles. The van der Waals surface area contributed by atoms with Crippen molar-refractivity contribution in [3.63, 3.8) is 0 Å². The van der Waals surface area contributed by atoms with E-state index in [0.29, 0.717) is 13.2 Å². The van der Waals surface area contributed by atoms with E-state index in [-0.39, 0.29) is 6.61 Å². The molecule has 0 atom stereocenters. The molecule has 2 aromatic rings. The first-order valence-corrected chi connectivity index (χ1v) is 9.04. The highest BCUT2D eigenvalue weighted by atomic mass is 79.9. The van der Waals surface area contributed by atoms with Crippen LogP contribution in [0.25, 0.3) is 0 Å². The summed E-state index contributed by atoms with van der Waals surface area (Å²) < 4.78 is 6.99. The number of ether oxygens (including phenoxy) is 1. The van der Waals surface area contributed by atoms with E-state index in [1.54, 1.807) is 0 Å². The molecule has 0 saturated heterocycles. The van der Waals surface area contributed by atoms with Gasteiger partial charge in [0.25, 0.3) is 0 Å². The summed E-state index contributed by atoms with van der Waals surface area (Å²) in [5.74, 6) is 0.865. The lowest BCUT2D eigenvalue weighted by Gasteiger charge is -2.13. The summed E-state index contributed by atoms with van der Waals surface area (Å²) in [7, 11) is 0. The highest BCUT2D eigenvalue weighted by Gasteiger charge is 2.05. The molecule has 0 spiro atoms. The number of hydrogen-bond donors (Lipinski definition) is 3. The Morgan fingerprint density at radius 2 is 1.75 bits per heavy atom. The summed E-state index contributed by atoms with van der Waals surface area (Å²) >= 11 is 9.41. The van der Waals surface area contributed by atoms with Crippen LogP contribution in [0.3, 0.4) is 0 Å². The zero-order valence-electron chi connectivity index (χ0n) is 13.4. The first kappa shape index (κ1) is 19.2. The molecule has 0 heterocycles. The van der Waals surface area contributed by atoms with Gasteiger partial charge < -0.3 is 20.5 Å². The van der Waals surface area contributed by atoms with Gasteiger partial charge in [-0.2, -0.15) is 0 Å². The molecule has 0 aliphatic rings. The maximum Gasteiger partial charge on any atom is 0.124 e. The van der Waals surface area contributed by atoms with Gasteiger partial charge in [0.2, 0.25) is 0 Å². The average molecular weight is 414 g/mol. The fourth-order valence-corrected chi connectivity index (χ4v) is 2.71. The molecule has 0 radical (unpaired) electrons. The smallest absolute Gasteiger partial charge is 0.124 e. The Morgan fingerprint density at radius 1 is 1.00 bits per heavy atom. The van der Waals surface area contributed by atoms with Crippen LogP contribution in [0.5, 0.6) is 5.75 Å². The molecule has 0 aliphatic heterocycles. The molecule has 0 aliphatic carbocycles. The van der Waals surface area contributed by atoms with E-state index in [1.807, 2.05) is 36.4 Å². The topological polar surface area (TPSA) is 53.5 Å². The summed E-state index contributed by atoms with van der Waals surface area (Å²) in [6.45, 7) is 3.64. The second-order valence-electron chi connectivity index (χ2n) is 5.32. The predicted molar refractivity (Wildman–Crippen MR) is 102 cm³/mol. The van der Waals surface area contributed by atoms with Crippen molar-refractivity contribution in [1.29, 1.82) is 0 Å². The number of halogens is 2. The maximum absolute atomic E-state index is 8.72. The summed E-state index contributed by atoms with van der Waals surface area (Å²) in [6.07, 6.45) is 0. The van der Waals surface area contributed by atoms with Gasteiger partial charge in [0, 0.05) is 41.2 Å². The quantitative estimate of drug-likeness (QED) is 0.523. The van der Waals surface area contributed by atoms with E-state index < -0.39 is 0 Å². The largest absolute Gasteiger partial charge is 0.489 e. The molecule has 0 bridgehead atoms. The van der Waals surface area contributed by atoms with Crippen molar-refractivity contribution in [3.8, 4) is 5.75 Å². The van der Waals surface area contributed by atoms with Crippen LogP contribution in [0.4, 0.5) is 0 Å². The molecular weight excluding hydrogens is 392 g/mol. The third-order valence-corrected chi connectivity index (χ3v) is 4.16. The second-order valence-corrected chi connectivity index (χ2v) is 6.67. The lowest BCUT2D eigenvalue weighted by atomic mass is 10.2. The third kappa shape index (κ3) is 6.79. The van der Waals surface area contributed by atoms with Gasteiger partial charge in [0.1, 0.15) is 12.4 Å². The van der Waals surface area contributed by atoms with Crippen molar-refractivity contribution in [2.24, 2.45) is 0 Å². The van der Waals surface area contributed by atoms with Crippen LogP contribution in [0, 0.1) is 0 Å². The Hall–Kier alpha value is -1.11. The minimum atomic E-state index is 0.161. The molecule has 2 aromatic carbocycles. The fraction of sp³-hybridized carbons (Fsp3) is 0.333. The Balaban J connectivity index is 1.88. The number of hydrogen-bond acceptors (Lipinski definition) is 4. The minimum absolute atomic E-state index is 0.161. The van der Waals surface area contributed by atoms with E-state index in [1.165, 1.54) is 0 Å². The van der Waals surface area contributed by atoms with E-state index in [2.05, 4.69) is 32.6 Å². The van der Waals surface area contributed by atoms with Crippen LogP contribution in [0.2, 0.25) is 5.02 Å². The Morgan fingerprint density at radius 3 is 2.50 bits per heavy atom. The van der Waals surface area contributed by atoms with Gasteiger partial charge in [-0.3, -0.25) is 0 Å². The normalized spacial score (nSPS) is 10.8. The second kappa shape index (κ2) is 10.7. The SMILES string of the molecule is OCCNCCNCc1cc(Br)ccc1OCc1ccc(Cl)cc1. The van der Waals surface area contributed by atoms with Gasteiger partial charge in [-0.05, 0) is 35.9 Å². The van der Waals surface area contributed by atoms with Crippen molar-refractivity contribution in [1.82, 2.24) is 10.6 Å². The molecule has 130 valence electrons. The van der Waals surface area contributed by atoms with Gasteiger partial charge in [-0.15, -0.1) is 0 Å². The van der Waals surface area contributed by atoms with Crippen molar-refractivity contribution in [2.45, 2.75) is 13.2 Å². The van der Waals surface area contributed by atoms with Gasteiger partial charge in [0.05, 0.1) is 6.61 Å². The maximum atomic E-state index is 8.72. The monoisotopic (exact) mass is 412 g/mol. The standard InChI is InChI=1S/C18H22BrClN2O2/c19-16-3-6-18(24-13-14-1-4-17(20)5-2-14)15(11-16)12-22-8-7-21-9-10-23/h1-6,11,21-23H,7-10,12-13H2. The number of aliphatic hydroxyl groups excluding tert-OH is 1. The molecule has 0 fully saturated rings. The molecule has 24 heavy (non-hydrogen) atoms. The van der Waals surface area contributed by atoms with Crippen LogP contribution < -0.4 is 15.4 Å². The van der Waals surface area contributed by atoms with E-state index >= 15 is 0 Å². The van der Waals surface area contributed by atoms with Crippen LogP contribution in [-0.4, -0.2) is 31.3 Å². The molecule has 6 heteroatoms. The Labute approximate surface area is 156 Å². The highest BCUT2D eigenvalue weighted by molar-refractivity contribution is 9.10. The molecule has 0 amide bonds. The molecule has 2 rings (SSSR count). The third-order valence-electron chi connectivity index (χ3n) is 3.41. The summed E-state index contributed by atoms with van der Waals surface area (Å²) in [5, 5.41) is 16.0. The first-order chi connectivity index (χ1) is 11.7. The zero-order chi connectivity index (χ0) is 17.2. The highest BCUT2D eigenvalue weighted by Crippen LogP contribution is 2.24. The molecular formula is C18H22BrClN2O2. The first-order valence-electron chi connectivity index (χ1n) is 7.87. The molecule has 0 aromatic heterocycles. The average Bonchev–Trinajstić information content (AvgIpc) is 2.58. The Bertz CT molecular complexity index is 623. The van der Waals surface area contributed by atoms with Crippen molar-refractivity contribution in [2.75, 3.05) is 26.2 Å². The Kier molecular flexibility index (Phi) is 8.56. The lowest BCUT2D eigenvalue weighted by Crippen LogP contribution is -2.28. The van der Waals surface area contributed by atoms with Crippen LogP contribution in [-0.2, 0) is 13.2 Å². The van der Waals surface area contributed by atoms with Gasteiger partial charge in [-0.1, -0.05) is 39.7 Å². The molecule has 3 N–H and O–H groups in total. The summed E-state index contributed by atoms with van der Waals surface area (Å²) in [6, 6.07) is 13.7. The van der Waals surface area contributed by atoms with E-state index in [4.69, 9.17) is 21.4 Å². The van der Waals surface area contributed by atoms with Gasteiger partial charge in [0.15, 0.2) is 0 Å². The van der Waals surface area contributed by atoms with E-state index in [0.717, 1.165) is 46.0 Å². The van der Waals surface area contributed by atoms with Gasteiger partial charge in [-0.25, -0.2) is 0 Å². The zero-order valence-corrected chi connectivity index (χ0v) is 15.7. The molecule has 0 unspecified atom stereocenters. The van der Waals surface area contributed by atoms with E-state index in [9.17, 15) is 0 Å². The number of nitrogens with one attached hydrogen (secondary N) is 2. The van der Waals surface area contributed by atoms with Crippen LogP contribution in [0.1, 0.15) is 11.1 Å². The number of aliphatic hydroxyl groups is 1. The fourth-order valence-electron chi connectivity index (χ4n) is 2.17. The predicted octanol–water partition coefficient (Wildman–Crippen LogP) is 3.35.